The van der Waals surface area contributed by atoms with Crippen molar-refractivity contribution in [3.8, 4) is 0 Å². The van der Waals surface area contributed by atoms with Crippen molar-refractivity contribution in [1.82, 2.24) is 10.3 Å². The average molecular weight is 306 g/mol. The molecule has 22 heavy (non-hydrogen) atoms. The first kappa shape index (κ1) is 13.2. The summed E-state index contributed by atoms with van der Waals surface area (Å²) in [6.45, 7) is 4.21. The largest absolute Gasteiger partial charge is 0.321 e. The standard InChI is InChI=1S/C18H14N2OS/c1-10-7-15-16(8-11(10)2)22-17(19-15)9-14-12-5-3-4-6-13(12)18(21)20-14/h3-9H,1-2H3,(H,20,21)/b14-9-. The Hall–Kier alpha value is -2.46. The Morgan fingerprint density at radius 3 is 2.64 bits per heavy atom. The van der Waals surface area contributed by atoms with Gasteiger partial charge in [0, 0.05) is 11.1 Å². The van der Waals surface area contributed by atoms with E-state index in [1.807, 2.05) is 30.3 Å². The number of thiazole rings is 1. The molecule has 2 aromatic carbocycles. The Labute approximate surface area is 132 Å². The fourth-order valence-electron chi connectivity index (χ4n) is 2.67. The van der Waals surface area contributed by atoms with E-state index in [4.69, 9.17) is 0 Å². The highest BCUT2D eigenvalue weighted by molar-refractivity contribution is 7.19. The number of fused-ring (bicyclic) bond motifs is 2. The molecule has 0 atom stereocenters. The summed E-state index contributed by atoms with van der Waals surface area (Å²) in [5, 5.41) is 3.83. The van der Waals surface area contributed by atoms with Crippen molar-refractivity contribution < 1.29 is 4.79 Å². The smallest absolute Gasteiger partial charge is 0.256 e. The molecule has 3 nitrogen and oxygen atoms in total. The van der Waals surface area contributed by atoms with Crippen LogP contribution in [0.3, 0.4) is 0 Å². The lowest BCUT2D eigenvalue weighted by atomic mass is 10.1. The van der Waals surface area contributed by atoms with Crippen LogP contribution in [-0.4, -0.2) is 10.9 Å². The number of benzene rings is 2. The van der Waals surface area contributed by atoms with Crippen LogP contribution in [0.5, 0.6) is 0 Å². The minimum atomic E-state index is -0.0466. The molecule has 3 aromatic rings. The Kier molecular flexibility index (Phi) is 2.87. The van der Waals surface area contributed by atoms with Crippen LogP contribution < -0.4 is 5.32 Å². The van der Waals surface area contributed by atoms with Gasteiger partial charge in [0.1, 0.15) is 5.01 Å². The highest BCUT2D eigenvalue weighted by atomic mass is 32.1. The minimum absolute atomic E-state index is 0.0466. The average Bonchev–Trinajstić information content (AvgIpc) is 3.02. The molecule has 0 unspecified atom stereocenters. The van der Waals surface area contributed by atoms with Crippen LogP contribution >= 0.6 is 11.3 Å². The molecule has 0 fully saturated rings. The van der Waals surface area contributed by atoms with E-state index in [-0.39, 0.29) is 5.91 Å². The molecule has 4 rings (SSSR count). The van der Waals surface area contributed by atoms with E-state index in [0.29, 0.717) is 0 Å². The van der Waals surface area contributed by atoms with E-state index in [1.165, 1.54) is 15.8 Å². The second-order valence-electron chi connectivity index (χ2n) is 5.51. The second-order valence-corrected chi connectivity index (χ2v) is 6.58. The molecule has 108 valence electrons. The number of carbonyl (C=O) groups is 1. The molecule has 0 radical (unpaired) electrons. The fraction of sp³-hybridized carbons (Fsp3) is 0.111. The van der Waals surface area contributed by atoms with Gasteiger partial charge in [-0.1, -0.05) is 18.2 Å². The number of carbonyl (C=O) groups excluding carboxylic acids is 1. The van der Waals surface area contributed by atoms with Crippen molar-refractivity contribution in [3.63, 3.8) is 0 Å². The first-order chi connectivity index (χ1) is 10.6. The predicted octanol–water partition coefficient (Wildman–Crippen LogP) is 4.15. The second kappa shape index (κ2) is 4.78. The van der Waals surface area contributed by atoms with E-state index in [2.05, 4.69) is 36.3 Å². The molecule has 4 heteroatoms. The highest BCUT2D eigenvalue weighted by Crippen LogP contribution is 2.30. The number of hydrogen-bond acceptors (Lipinski definition) is 3. The summed E-state index contributed by atoms with van der Waals surface area (Å²) < 4.78 is 1.17. The van der Waals surface area contributed by atoms with Gasteiger partial charge >= 0.3 is 0 Å². The lowest BCUT2D eigenvalue weighted by Crippen LogP contribution is -2.11. The fourth-order valence-corrected chi connectivity index (χ4v) is 3.66. The number of nitrogens with zero attached hydrogens (tertiary/aromatic N) is 1. The summed E-state index contributed by atoms with van der Waals surface area (Å²) in [5.41, 5.74) is 6.03. The topological polar surface area (TPSA) is 42.0 Å². The van der Waals surface area contributed by atoms with E-state index in [0.717, 1.165) is 27.3 Å². The Morgan fingerprint density at radius 2 is 1.82 bits per heavy atom. The molecule has 0 saturated carbocycles. The third-order valence-electron chi connectivity index (χ3n) is 4.00. The van der Waals surface area contributed by atoms with Gasteiger partial charge in [0.25, 0.3) is 5.91 Å². The van der Waals surface area contributed by atoms with Crippen LogP contribution in [0.4, 0.5) is 0 Å². The van der Waals surface area contributed by atoms with Crippen molar-refractivity contribution in [1.29, 1.82) is 0 Å². The van der Waals surface area contributed by atoms with Crippen LogP contribution in [0, 0.1) is 13.8 Å². The Bertz CT molecular complexity index is 914. The number of rotatable bonds is 1. The zero-order valence-corrected chi connectivity index (χ0v) is 13.1. The zero-order valence-electron chi connectivity index (χ0n) is 12.3. The van der Waals surface area contributed by atoms with Gasteiger partial charge in [0.2, 0.25) is 0 Å². The van der Waals surface area contributed by atoms with E-state index in [9.17, 15) is 4.79 Å². The lowest BCUT2D eigenvalue weighted by molar-refractivity contribution is 0.0981. The maximum atomic E-state index is 12.0. The van der Waals surface area contributed by atoms with Crippen molar-refractivity contribution in [2.24, 2.45) is 0 Å². The molecule has 1 aliphatic rings. The van der Waals surface area contributed by atoms with Gasteiger partial charge in [0.05, 0.1) is 15.9 Å². The van der Waals surface area contributed by atoms with Crippen molar-refractivity contribution >= 4 is 39.2 Å². The monoisotopic (exact) mass is 306 g/mol. The third-order valence-corrected chi connectivity index (χ3v) is 4.96. The lowest BCUT2D eigenvalue weighted by Gasteiger charge is -1.97. The number of hydrogen-bond donors (Lipinski definition) is 1. The highest BCUT2D eigenvalue weighted by Gasteiger charge is 2.23. The van der Waals surface area contributed by atoms with Gasteiger partial charge in [-0.2, -0.15) is 0 Å². The molecule has 1 amide bonds. The van der Waals surface area contributed by atoms with Crippen molar-refractivity contribution in [2.75, 3.05) is 0 Å². The van der Waals surface area contributed by atoms with E-state index in [1.54, 1.807) is 11.3 Å². The van der Waals surface area contributed by atoms with Crippen LogP contribution in [0.1, 0.15) is 32.1 Å². The van der Waals surface area contributed by atoms with Crippen molar-refractivity contribution in [2.45, 2.75) is 13.8 Å². The quantitative estimate of drug-likeness (QED) is 0.733. The molecular weight excluding hydrogens is 292 g/mol. The minimum Gasteiger partial charge on any atom is -0.321 e. The molecule has 0 saturated heterocycles. The van der Waals surface area contributed by atoms with Gasteiger partial charge in [0.15, 0.2) is 0 Å². The molecule has 0 spiro atoms. The number of aromatic nitrogens is 1. The summed E-state index contributed by atoms with van der Waals surface area (Å²) in [6.07, 6.45) is 1.96. The molecule has 0 bridgehead atoms. The molecule has 0 aliphatic carbocycles. The van der Waals surface area contributed by atoms with Gasteiger partial charge < -0.3 is 5.32 Å². The van der Waals surface area contributed by atoms with Gasteiger partial charge in [-0.05, 0) is 49.2 Å². The molecule has 1 N–H and O–H groups in total. The summed E-state index contributed by atoms with van der Waals surface area (Å²) >= 11 is 1.64. The number of nitrogens with one attached hydrogen (secondary N) is 1. The molecular formula is C18H14N2OS. The van der Waals surface area contributed by atoms with Crippen LogP contribution in [0.2, 0.25) is 0 Å². The first-order valence-electron chi connectivity index (χ1n) is 7.12. The Balaban J connectivity index is 1.82. The van der Waals surface area contributed by atoms with Gasteiger partial charge in [-0.3, -0.25) is 4.79 Å². The van der Waals surface area contributed by atoms with Crippen LogP contribution in [-0.2, 0) is 0 Å². The van der Waals surface area contributed by atoms with E-state index < -0.39 is 0 Å². The maximum absolute atomic E-state index is 12.0. The molecule has 1 aliphatic heterocycles. The number of amides is 1. The summed E-state index contributed by atoms with van der Waals surface area (Å²) in [4.78, 5) is 16.6. The summed E-state index contributed by atoms with van der Waals surface area (Å²) in [6, 6.07) is 11.9. The van der Waals surface area contributed by atoms with Gasteiger partial charge in [-0.15, -0.1) is 11.3 Å². The Morgan fingerprint density at radius 1 is 1.09 bits per heavy atom. The third kappa shape index (κ3) is 2.04. The maximum Gasteiger partial charge on any atom is 0.256 e. The predicted molar refractivity (Wildman–Crippen MR) is 90.9 cm³/mol. The SMILES string of the molecule is Cc1cc2nc(/C=C3\NC(=O)c4ccccc43)sc2cc1C. The van der Waals surface area contributed by atoms with Crippen LogP contribution in [0.25, 0.3) is 22.0 Å². The van der Waals surface area contributed by atoms with E-state index >= 15 is 0 Å². The summed E-state index contributed by atoms with van der Waals surface area (Å²) in [7, 11) is 0. The van der Waals surface area contributed by atoms with Crippen LogP contribution in [0.15, 0.2) is 36.4 Å². The zero-order chi connectivity index (χ0) is 15.3. The number of aryl methyl sites for hydroxylation is 2. The van der Waals surface area contributed by atoms with Crippen molar-refractivity contribution in [3.05, 3.63) is 63.7 Å². The first-order valence-corrected chi connectivity index (χ1v) is 7.94. The molecule has 2 heterocycles. The van der Waals surface area contributed by atoms with Gasteiger partial charge in [-0.25, -0.2) is 4.98 Å². The normalized spacial score (nSPS) is 15.4. The summed E-state index contributed by atoms with van der Waals surface area (Å²) in [5.74, 6) is -0.0466. The molecule has 1 aromatic heterocycles.